The van der Waals surface area contributed by atoms with Gasteiger partial charge >= 0.3 is 0 Å². The van der Waals surface area contributed by atoms with Crippen molar-refractivity contribution in [3.05, 3.63) is 29.8 Å². The van der Waals surface area contributed by atoms with Gasteiger partial charge in [0.2, 0.25) is 0 Å². The van der Waals surface area contributed by atoms with Gasteiger partial charge in [-0.1, -0.05) is 12.1 Å². The highest BCUT2D eigenvalue weighted by atomic mass is 16.5. The second-order valence-electron chi connectivity index (χ2n) is 4.48. The van der Waals surface area contributed by atoms with E-state index in [4.69, 9.17) is 9.84 Å². The van der Waals surface area contributed by atoms with Gasteiger partial charge in [0.15, 0.2) is 0 Å². The van der Waals surface area contributed by atoms with Crippen LogP contribution in [0.25, 0.3) is 0 Å². The van der Waals surface area contributed by atoms with Gasteiger partial charge in [0.25, 0.3) is 0 Å². The quantitative estimate of drug-likeness (QED) is 0.815. The molecule has 4 nitrogen and oxygen atoms in total. The molecule has 2 rings (SSSR count). The molecule has 1 aliphatic rings. The Balaban J connectivity index is 2.09. The predicted octanol–water partition coefficient (Wildman–Crippen LogP) is 0.765. The summed E-state index contributed by atoms with van der Waals surface area (Å²) in [5.74, 6) is 0. The van der Waals surface area contributed by atoms with Crippen LogP contribution >= 0.6 is 0 Å². The summed E-state index contributed by atoms with van der Waals surface area (Å²) in [6.45, 7) is 3.67. The van der Waals surface area contributed by atoms with Crippen molar-refractivity contribution in [2.24, 2.45) is 0 Å². The first-order chi connectivity index (χ1) is 8.22. The second kappa shape index (κ2) is 5.49. The summed E-state index contributed by atoms with van der Waals surface area (Å²) in [4.78, 5) is 2.20. The predicted molar refractivity (Wildman–Crippen MR) is 66.0 cm³/mol. The lowest BCUT2D eigenvalue weighted by atomic mass is 10.1. The summed E-state index contributed by atoms with van der Waals surface area (Å²) in [5, 5.41) is 18.2. The number of ether oxygens (including phenoxy) is 1. The maximum Gasteiger partial charge on any atom is 0.0984 e. The molecule has 17 heavy (non-hydrogen) atoms. The van der Waals surface area contributed by atoms with Crippen LogP contribution in [0.3, 0.4) is 0 Å². The molecule has 0 bridgehead atoms. The van der Waals surface area contributed by atoms with Crippen molar-refractivity contribution in [3.8, 4) is 0 Å². The summed E-state index contributed by atoms with van der Waals surface area (Å²) in [7, 11) is 0. The minimum Gasteiger partial charge on any atom is -0.394 e. The minimum absolute atomic E-state index is 0.0512. The topological polar surface area (TPSA) is 52.9 Å². The number of benzene rings is 1. The van der Waals surface area contributed by atoms with Crippen LogP contribution in [0, 0.1) is 0 Å². The molecule has 1 saturated heterocycles. The van der Waals surface area contributed by atoms with E-state index in [9.17, 15) is 5.11 Å². The normalized spacial score (nSPS) is 25.0. The molecule has 1 aliphatic heterocycles. The number of hydrogen-bond acceptors (Lipinski definition) is 4. The standard InChI is InChI=1S/C13H19NO3/c1-10-6-14(7-13(9-16)17-10)12-4-2-11(8-15)3-5-12/h2-5,10,13,15-16H,6-9H2,1H3. The lowest BCUT2D eigenvalue weighted by Crippen LogP contribution is -2.48. The Labute approximate surface area is 101 Å². The fourth-order valence-electron chi connectivity index (χ4n) is 2.17. The maximum atomic E-state index is 9.17. The van der Waals surface area contributed by atoms with E-state index in [2.05, 4.69) is 4.90 Å². The molecule has 0 aliphatic carbocycles. The zero-order chi connectivity index (χ0) is 12.3. The van der Waals surface area contributed by atoms with Gasteiger partial charge in [-0.2, -0.15) is 0 Å². The van der Waals surface area contributed by atoms with Gasteiger partial charge in [-0.25, -0.2) is 0 Å². The van der Waals surface area contributed by atoms with E-state index in [1.165, 1.54) is 0 Å². The molecule has 0 aromatic heterocycles. The van der Waals surface area contributed by atoms with Crippen molar-refractivity contribution in [3.63, 3.8) is 0 Å². The van der Waals surface area contributed by atoms with E-state index in [0.29, 0.717) is 6.54 Å². The third-order valence-corrected chi connectivity index (χ3v) is 3.01. The van der Waals surface area contributed by atoms with Gasteiger partial charge in [0.1, 0.15) is 0 Å². The molecular weight excluding hydrogens is 218 g/mol. The molecule has 1 heterocycles. The Kier molecular flexibility index (Phi) is 3.99. The zero-order valence-electron chi connectivity index (χ0n) is 10.0. The first-order valence-electron chi connectivity index (χ1n) is 5.94. The number of aliphatic hydroxyl groups excluding tert-OH is 2. The third kappa shape index (κ3) is 2.97. The van der Waals surface area contributed by atoms with Crippen LogP contribution < -0.4 is 4.90 Å². The maximum absolute atomic E-state index is 9.17. The summed E-state index contributed by atoms with van der Waals surface area (Å²) in [6.07, 6.45) is 0.00897. The van der Waals surface area contributed by atoms with Gasteiger partial charge in [-0.3, -0.25) is 0 Å². The van der Waals surface area contributed by atoms with Crippen LogP contribution in [0.2, 0.25) is 0 Å². The van der Waals surface area contributed by atoms with Crippen molar-refractivity contribution >= 4 is 5.69 Å². The molecule has 0 spiro atoms. The van der Waals surface area contributed by atoms with E-state index in [-0.39, 0.29) is 25.4 Å². The number of aliphatic hydroxyl groups is 2. The minimum atomic E-state index is -0.115. The monoisotopic (exact) mass is 237 g/mol. The Morgan fingerprint density at radius 2 is 1.94 bits per heavy atom. The van der Waals surface area contributed by atoms with Crippen LogP contribution in [-0.2, 0) is 11.3 Å². The number of morpholine rings is 1. The SMILES string of the molecule is CC1CN(c2ccc(CO)cc2)CC(CO)O1. The molecule has 94 valence electrons. The Bertz CT molecular complexity index is 352. The molecule has 2 atom stereocenters. The largest absolute Gasteiger partial charge is 0.394 e. The molecular formula is C13H19NO3. The van der Waals surface area contributed by atoms with Crippen LogP contribution in [-0.4, -0.2) is 42.1 Å². The smallest absolute Gasteiger partial charge is 0.0984 e. The molecule has 0 saturated carbocycles. The van der Waals surface area contributed by atoms with E-state index in [1.54, 1.807) is 0 Å². The van der Waals surface area contributed by atoms with Crippen molar-refractivity contribution in [2.45, 2.75) is 25.7 Å². The molecule has 0 radical (unpaired) electrons. The molecule has 1 aromatic carbocycles. The lowest BCUT2D eigenvalue weighted by Gasteiger charge is -2.37. The zero-order valence-corrected chi connectivity index (χ0v) is 10.0. The average Bonchev–Trinajstić information content (AvgIpc) is 2.38. The van der Waals surface area contributed by atoms with Crippen LogP contribution in [0.5, 0.6) is 0 Å². The first kappa shape index (κ1) is 12.4. The molecule has 4 heteroatoms. The van der Waals surface area contributed by atoms with Crippen molar-refractivity contribution in [1.29, 1.82) is 0 Å². The summed E-state index contributed by atoms with van der Waals surface area (Å²) < 4.78 is 5.60. The number of hydrogen-bond donors (Lipinski definition) is 2. The number of rotatable bonds is 3. The van der Waals surface area contributed by atoms with E-state index in [0.717, 1.165) is 17.8 Å². The molecule has 2 unspecified atom stereocenters. The highest BCUT2D eigenvalue weighted by Crippen LogP contribution is 2.20. The number of nitrogens with zero attached hydrogens (tertiary/aromatic N) is 1. The van der Waals surface area contributed by atoms with Crippen LogP contribution in [0.4, 0.5) is 5.69 Å². The first-order valence-corrected chi connectivity index (χ1v) is 5.94. The molecule has 2 N–H and O–H groups in total. The molecule has 1 aromatic rings. The molecule has 0 amide bonds. The average molecular weight is 237 g/mol. The fourth-order valence-corrected chi connectivity index (χ4v) is 2.17. The van der Waals surface area contributed by atoms with Gasteiger partial charge in [0.05, 0.1) is 25.4 Å². The van der Waals surface area contributed by atoms with E-state index < -0.39 is 0 Å². The fraction of sp³-hybridized carbons (Fsp3) is 0.538. The summed E-state index contributed by atoms with van der Waals surface area (Å²) >= 11 is 0. The second-order valence-corrected chi connectivity index (χ2v) is 4.48. The summed E-state index contributed by atoms with van der Waals surface area (Å²) in [5.41, 5.74) is 2.02. The Hall–Kier alpha value is -1.10. The van der Waals surface area contributed by atoms with E-state index >= 15 is 0 Å². The van der Waals surface area contributed by atoms with Gasteiger partial charge in [-0.05, 0) is 24.6 Å². The van der Waals surface area contributed by atoms with Gasteiger partial charge in [-0.15, -0.1) is 0 Å². The number of anilines is 1. The highest BCUT2D eigenvalue weighted by Gasteiger charge is 2.24. The van der Waals surface area contributed by atoms with Gasteiger partial charge in [0, 0.05) is 18.8 Å². The van der Waals surface area contributed by atoms with Crippen molar-refractivity contribution in [1.82, 2.24) is 0 Å². The van der Waals surface area contributed by atoms with E-state index in [1.807, 2.05) is 31.2 Å². The van der Waals surface area contributed by atoms with Crippen LogP contribution in [0.1, 0.15) is 12.5 Å². The Morgan fingerprint density at radius 1 is 1.24 bits per heavy atom. The van der Waals surface area contributed by atoms with Crippen LogP contribution in [0.15, 0.2) is 24.3 Å². The Morgan fingerprint density at radius 3 is 2.53 bits per heavy atom. The summed E-state index contributed by atoms with van der Waals surface area (Å²) in [6, 6.07) is 7.84. The molecule has 1 fully saturated rings. The van der Waals surface area contributed by atoms with Crippen molar-refractivity contribution < 1.29 is 14.9 Å². The third-order valence-electron chi connectivity index (χ3n) is 3.01. The van der Waals surface area contributed by atoms with Gasteiger partial charge < -0.3 is 19.8 Å². The highest BCUT2D eigenvalue weighted by molar-refractivity contribution is 5.48. The van der Waals surface area contributed by atoms with Crippen molar-refractivity contribution in [2.75, 3.05) is 24.6 Å². The lowest BCUT2D eigenvalue weighted by molar-refractivity contribution is -0.0421.